The lowest BCUT2D eigenvalue weighted by atomic mass is 9.89. The van der Waals surface area contributed by atoms with Gasteiger partial charge in [-0.25, -0.2) is 0 Å². The molecule has 1 saturated heterocycles. The summed E-state index contributed by atoms with van der Waals surface area (Å²) in [5.74, 6) is 0.826. The van der Waals surface area contributed by atoms with Crippen LogP contribution in [0.1, 0.15) is 49.3 Å². The smallest absolute Gasteiger partial charge is 0.0827 e. The molecular weight excluding hydrogens is 234 g/mol. The Morgan fingerprint density at radius 1 is 1.16 bits per heavy atom. The van der Waals surface area contributed by atoms with Gasteiger partial charge in [-0.3, -0.25) is 0 Å². The lowest BCUT2D eigenvalue weighted by Gasteiger charge is -2.27. The Hall–Kier alpha value is -0.860. The molecule has 2 heteroatoms. The summed E-state index contributed by atoms with van der Waals surface area (Å²) in [6, 6.07) is 8.80. The average molecular weight is 259 g/mol. The molecule has 19 heavy (non-hydrogen) atoms. The van der Waals surface area contributed by atoms with Gasteiger partial charge < -0.3 is 10.1 Å². The maximum Gasteiger partial charge on any atom is 0.0827 e. The monoisotopic (exact) mass is 259 g/mol. The van der Waals surface area contributed by atoms with E-state index < -0.39 is 0 Å². The van der Waals surface area contributed by atoms with Gasteiger partial charge in [-0.05, 0) is 68.7 Å². The van der Waals surface area contributed by atoms with Crippen molar-refractivity contribution in [2.45, 2.75) is 44.6 Å². The van der Waals surface area contributed by atoms with E-state index in [1.807, 2.05) is 0 Å². The highest BCUT2D eigenvalue weighted by molar-refractivity contribution is 5.31. The molecule has 2 nitrogen and oxygen atoms in total. The number of nitrogens with one attached hydrogen (secondary N) is 1. The van der Waals surface area contributed by atoms with Crippen LogP contribution in [0.15, 0.2) is 24.3 Å². The lowest BCUT2D eigenvalue weighted by molar-refractivity contribution is 0.0310. The number of hydrogen-bond donors (Lipinski definition) is 1. The molecule has 2 atom stereocenters. The van der Waals surface area contributed by atoms with Gasteiger partial charge >= 0.3 is 0 Å². The Morgan fingerprint density at radius 2 is 2.11 bits per heavy atom. The maximum absolute atomic E-state index is 6.18. The molecule has 1 fully saturated rings. The first-order chi connectivity index (χ1) is 9.43. The minimum Gasteiger partial charge on any atom is -0.374 e. The van der Waals surface area contributed by atoms with E-state index in [4.69, 9.17) is 4.74 Å². The number of ether oxygens (including phenoxy) is 1. The number of benzene rings is 1. The van der Waals surface area contributed by atoms with Crippen molar-refractivity contribution in [2.75, 3.05) is 19.7 Å². The van der Waals surface area contributed by atoms with Crippen LogP contribution in [0, 0.1) is 5.92 Å². The lowest BCUT2D eigenvalue weighted by Crippen LogP contribution is -2.30. The minimum absolute atomic E-state index is 0.349. The summed E-state index contributed by atoms with van der Waals surface area (Å²) in [6.45, 7) is 3.31. The summed E-state index contributed by atoms with van der Waals surface area (Å²) >= 11 is 0. The van der Waals surface area contributed by atoms with Crippen molar-refractivity contribution in [1.29, 1.82) is 0 Å². The van der Waals surface area contributed by atoms with Gasteiger partial charge in [0.05, 0.1) is 6.10 Å². The summed E-state index contributed by atoms with van der Waals surface area (Å²) in [4.78, 5) is 0. The molecule has 0 spiro atoms. The van der Waals surface area contributed by atoms with E-state index in [9.17, 15) is 0 Å². The summed E-state index contributed by atoms with van der Waals surface area (Å²) in [6.07, 6.45) is 7.96. The Balaban J connectivity index is 1.50. The van der Waals surface area contributed by atoms with Gasteiger partial charge in [-0.1, -0.05) is 24.3 Å². The summed E-state index contributed by atoms with van der Waals surface area (Å²) in [5, 5.41) is 3.48. The fraction of sp³-hybridized carbons (Fsp3) is 0.647. The van der Waals surface area contributed by atoms with Gasteiger partial charge in [0.2, 0.25) is 0 Å². The largest absolute Gasteiger partial charge is 0.374 e. The van der Waals surface area contributed by atoms with Crippen molar-refractivity contribution < 1.29 is 4.74 Å². The molecule has 3 rings (SSSR count). The van der Waals surface area contributed by atoms with Crippen molar-refractivity contribution in [3.63, 3.8) is 0 Å². The molecule has 0 radical (unpaired) electrons. The van der Waals surface area contributed by atoms with Gasteiger partial charge in [0.25, 0.3) is 0 Å². The minimum atomic E-state index is 0.349. The second-order valence-corrected chi connectivity index (χ2v) is 5.95. The second kappa shape index (κ2) is 6.53. The number of rotatable bonds is 4. The van der Waals surface area contributed by atoms with Gasteiger partial charge in [0.15, 0.2) is 0 Å². The number of aryl methyl sites for hydroxylation is 1. The van der Waals surface area contributed by atoms with Crippen molar-refractivity contribution in [2.24, 2.45) is 5.92 Å². The van der Waals surface area contributed by atoms with Crippen LogP contribution in [-0.4, -0.2) is 19.7 Å². The number of fused-ring (bicyclic) bond motifs is 1. The van der Waals surface area contributed by atoms with Crippen LogP contribution in [0.4, 0.5) is 0 Å². The van der Waals surface area contributed by atoms with Gasteiger partial charge in [0, 0.05) is 6.61 Å². The van der Waals surface area contributed by atoms with Crippen LogP contribution in [0.3, 0.4) is 0 Å². The predicted octanol–water partition coefficient (Wildman–Crippen LogP) is 3.47. The van der Waals surface area contributed by atoms with Gasteiger partial charge in [-0.2, -0.15) is 0 Å². The third-order valence-electron chi connectivity index (χ3n) is 4.56. The van der Waals surface area contributed by atoms with Crippen LogP contribution >= 0.6 is 0 Å². The third-order valence-corrected chi connectivity index (χ3v) is 4.56. The molecule has 0 saturated carbocycles. The van der Waals surface area contributed by atoms with Crippen molar-refractivity contribution in [1.82, 2.24) is 5.32 Å². The summed E-state index contributed by atoms with van der Waals surface area (Å²) < 4.78 is 6.18. The van der Waals surface area contributed by atoms with E-state index in [0.717, 1.165) is 12.5 Å². The maximum atomic E-state index is 6.18. The van der Waals surface area contributed by atoms with E-state index >= 15 is 0 Å². The van der Waals surface area contributed by atoms with Gasteiger partial charge in [0.1, 0.15) is 0 Å². The van der Waals surface area contributed by atoms with E-state index in [1.54, 1.807) is 0 Å². The molecule has 104 valence electrons. The first-order valence-electron chi connectivity index (χ1n) is 7.83. The topological polar surface area (TPSA) is 21.3 Å². The number of piperidine rings is 1. The Kier molecular flexibility index (Phi) is 4.52. The van der Waals surface area contributed by atoms with Crippen LogP contribution in [0.25, 0.3) is 0 Å². The quantitative estimate of drug-likeness (QED) is 0.894. The highest BCUT2D eigenvalue weighted by Gasteiger charge is 2.20. The van der Waals surface area contributed by atoms with E-state index in [2.05, 4.69) is 29.6 Å². The fourth-order valence-electron chi connectivity index (χ4n) is 3.43. The SMILES string of the molecule is c1ccc2c(c1)CCCC2OCCC1CCCNC1. The highest BCUT2D eigenvalue weighted by atomic mass is 16.5. The van der Waals surface area contributed by atoms with E-state index in [1.165, 1.54) is 62.7 Å². The molecule has 1 N–H and O–H groups in total. The zero-order valence-electron chi connectivity index (χ0n) is 11.7. The molecular formula is C17H25NO. The molecule has 1 aliphatic heterocycles. The molecule has 1 heterocycles. The molecule has 1 aliphatic carbocycles. The molecule has 0 bridgehead atoms. The molecule has 1 aromatic carbocycles. The van der Waals surface area contributed by atoms with Crippen LogP contribution in [-0.2, 0) is 11.2 Å². The normalized spacial score (nSPS) is 26.9. The van der Waals surface area contributed by atoms with Crippen molar-refractivity contribution in [3.8, 4) is 0 Å². The van der Waals surface area contributed by atoms with Crippen LogP contribution in [0.2, 0.25) is 0 Å². The first-order valence-corrected chi connectivity index (χ1v) is 7.83. The van der Waals surface area contributed by atoms with E-state index in [0.29, 0.717) is 6.10 Å². The predicted molar refractivity (Wildman–Crippen MR) is 78.3 cm³/mol. The zero-order chi connectivity index (χ0) is 12.9. The fourth-order valence-corrected chi connectivity index (χ4v) is 3.43. The van der Waals surface area contributed by atoms with E-state index in [-0.39, 0.29) is 0 Å². The summed E-state index contributed by atoms with van der Waals surface area (Å²) in [5.41, 5.74) is 2.94. The average Bonchev–Trinajstić information content (AvgIpc) is 2.49. The summed E-state index contributed by atoms with van der Waals surface area (Å²) in [7, 11) is 0. The van der Waals surface area contributed by atoms with Gasteiger partial charge in [-0.15, -0.1) is 0 Å². The Bertz CT molecular complexity index is 398. The zero-order valence-corrected chi connectivity index (χ0v) is 11.7. The van der Waals surface area contributed by atoms with Crippen molar-refractivity contribution in [3.05, 3.63) is 35.4 Å². The van der Waals surface area contributed by atoms with Crippen LogP contribution < -0.4 is 5.32 Å². The molecule has 0 aromatic heterocycles. The second-order valence-electron chi connectivity index (χ2n) is 5.95. The number of hydrogen-bond acceptors (Lipinski definition) is 2. The molecule has 1 aromatic rings. The third kappa shape index (κ3) is 3.37. The molecule has 0 amide bonds. The molecule has 2 aliphatic rings. The Morgan fingerprint density at radius 3 is 3.00 bits per heavy atom. The Labute approximate surface area is 116 Å². The first kappa shape index (κ1) is 13.1. The highest BCUT2D eigenvalue weighted by Crippen LogP contribution is 2.32. The van der Waals surface area contributed by atoms with Crippen molar-refractivity contribution >= 4 is 0 Å². The standard InChI is InChI=1S/C17H25NO/c1-2-8-16-15(6-1)7-3-9-17(16)19-12-10-14-5-4-11-18-13-14/h1-2,6,8,14,17-18H,3-5,7,9-13H2. The molecule has 2 unspecified atom stereocenters. The van der Waals surface area contributed by atoms with Crippen LogP contribution in [0.5, 0.6) is 0 Å².